The summed E-state index contributed by atoms with van der Waals surface area (Å²) in [7, 11) is 0. The van der Waals surface area contributed by atoms with Gasteiger partial charge < -0.3 is 15.2 Å². The Balaban J connectivity index is 2.14. The van der Waals surface area contributed by atoms with Crippen molar-refractivity contribution in [1.29, 1.82) is 0 Å². The molecule has 1 aliphatic rings. The van der Waals surface area contributed by atoms with Gasteiger partial charge in [0.25, 0.3) is 5.69 Å². The number of aromatic carboxylic acids is 1. The van der Waals surface area contributed by atoms with Gasteiger partial charge in [0.1, 0.15) is 5.69 Å². The number of hydrogen-bond acceptors (Lipinski definition) is 5. The second-order valence-electron chi connectivity index (χ2n) is 4.31. The number of hydrogen-bond donors (Lipinski definition) is 2. The summed E-state index contributed by atoms with van der Waals surface area (Å²) in [6.07, 6.45) is 1.97. The van der Waals surface area contributed by atoms with E-state index in [0.717, 1.165) is 18.9 Å². The maximum Gasteiger partial charge on any atom is 0.335 e. The van der Waals surface area contributed by atoms with Gasteiger partial charge in [-0.2, -0.15) is 0 Å². The molecule has 1 fully saturated rings. The van der Waals surface area contributed by atoms with Gasteiger partial charge >= 0.3 is 5.97 Å². The molecule has 1 aromatic carbocycles. The number of anilines is 1. The van der Waals surface area contributed by atoms with Crippen LogP contribution in [0, 0.1) is 10.1 Å². The molecule has 0 aromatic heterocycles. The van der Waals surface area contributed by atoms with E-state index in [9.17, 15) is 14.9 Å². The Labute approximate surface area is 109 Å². The third-order valence-corrected chi connectivity index (χ3v) is 2.99. The minimum Gasteiger partial charge on any atom is -0.478 e. The number of ether oxygens (including phenoxy) is 1. The second-order valence-corrected chi connectivity index (χ2v) is 4.31. The summed E-state index contributed by atoms with van der Waals surface area (Å²) in [6.45, 7) is 1.19. The van der Waals surface area contributed by atoms with E-state index in [1.165, 1.54) is 12.1 Å². The first-order chi connectivity index (χ1) is 9.08. The molecule has 1 atom stereocenters. The Morgan fingerprint density at radius 3 is 2.95 bits per heavy atom. The van der Waals surface area contributed by atoms with Crippen molar-refractivity contribution in [3.63, 3.8) is 0 Å². The van der Waals surface area contributed by atoms with Crippen molar-refractivity contribution >= 4 is 17.3 Å². The Morgan fingerprint density at radius 1 is 1.58 bits per heavy atom. The topological polar surface area (TPSA) is 102 Å². The van der Waals surface area contributed by atoms with Gasteiger partial charge in [0.05, 0.1) is 16.6 Å². The molecule has 7 nitrogen and oxygen atoms in total. The molecule has 0 bridgehead atoms. The fourth-order valence-electron chi connectivity index (χ4n) is 1.99. The van der Waals surface area contributed by atoms with Crippen molar-refractivity contribution in [3.05, 3.63) is 33.9 Å². The molecule has 0 aliphatic carbocycles. The predicted molar refractivity (Wildman–Crippen MR) is 67.5 cm³/mol. The van der Waals surface area contributed by atoms with Crippen molar-refractivity contribution in [1.82, 2.24) is 0 Å². The van der Waals surface area contributed by atoms with E-state index in [1.54, 1.807) is 0 Å². The summed E-state index contributed by atoms with van der Waals surface area (Å²) in [5.41, 5.74) is -0.0298. The molecule has 1 aliphatic heterocycles. The van der Waals surface area contributed by atoms with Crippen LogP contribution >= 0.6 is 0 Å². The van der Waals surface area contributed by atoms with E-state index in [2.05, 4.69) is 5.32 Å². The minimum atomic E-state index is -1.19. The Kier molecular flexibility index (Phi) is 3.96. The van der Waals surface area contributed by atoms with E-state index in [0.29, 0.717) is 18.8 Å². The highest BCUT2D eigenvalue weighted by Crippen LogP contribution is 2.26. The SMILES string of the molecule is O=C(O)c1ccc(NC[C@H]2CCCO2)c([N+](=O)[O-])c1. The zero-order chi connectivity index (χ0) is 13.8. The van der Waals surface area contributed by atoms with E-state index < -0.39 is 10.9 Å². The standard InChI is InChI=1S/C12H14N2O5/c15-12(16)8-3-4-10(11(6-8)14(17)18)13-7-9-2-1-5-19-9/h3-4,6,9,13H,1-2,5,7H2,(H,15,16)/t9-/m1/s1. The van der Waals surface area contributed by atoms with Crippen LogP contribution in [0.5, 0.6) is 0 Å². The first-order valence-electron chi connectivity index (χ1n) is 5.95. The molecule has 1 heterocycles. The third-order valence-electron chi connectivity index (χ3n) is 2.99. The number of carboxylic acid groups (broad SMARTS) is 1. The van der Waals surface area contributed by atoms with Crippen LogP contribution in [0.1, 0.15) is 23.2 Å². The number of nitrogens with zero attached hydrogens (tertiary/aromatic N) is 1. The fourth-order valence-corrected chi connectivity index (χ4v) is 1.99. The number of nitro groups is 1. The fraction of sp³-hybridized carbons (Fsp3) is 0.417. The lowest BCUT2D eigenvalue weighted by Crippen LogP contribution is -2.19. The zero-order valence-corrected chi connectivity index (χ0v) is 10.2. The zero-order valence-electron chi connectivity index (χ0n) is 10.2. The van der Waals surface area contributed by atoms with Gasteiger partial charge in [-0.3, -0.25) is 10.1 Å². The van der Waals surface area contributed by atoms with E-state index in [-0.39, 0.29) is 17.4 Å². The molecule has 0 amide bonds. The van der Waals surface area contributed by atoms with Gasteiger partial charge in [0.15, 0.2) is 0 Å². The number of nitro benzene ring substituents is 1. The van der Waals surface area contributed by atoms with Gasteiger partial charge in [-0.25, -0.2) is 4.79 Å². The quantitative estimate of drug-likeness (QED) is 0.623. The summed E-state index contributed by atoms with van der Waals surface area (Å²) >= 11 is 0. The average molecular weight is 266 g/mol. The highest BCUT2D eigenvalue weighted by atomic mass is 16.6. The highest BCUT2D eigenvalue weighted by Gasteiger charge is 2.20. The van der Waals surface area contributed by atoms with Crippen LogP contribution in [0.3, 0.4) is 0 Å². The van der Waals surface area contributed by atoms with Gasteiger partial charge in [0.2, 0.25) is 0 Å². The molecular formula is C12H14N2O5. The van der Waals surface area contributed by atoms with Crippen LogP contribution in [-0.4, -0.2) is 35.3 Å². The minimum absolute atomic E-state index is 0.0544. The Hall–Kier alpha value is -2.15. The molecule has 2 N–H and O–H groups in total. The molecule has 1 aromatic rings. The number of carbonyl (C=O) groups is 1. The maximum atomic E-state index is 10.9. The van der Waals surface area contributed by atoms with E-state index in [1.807, 2.05) is 0 Å². The van der Waals surface area contributed by atoms with Crippen molar-refractivity contribution in [2.75, 3.05) is 18.5 Å². The number of rotatable bonds is 5. The summed E-state index contributed by atoms with van der Waals surface area (Å²) in [4.78, 5) is 21.1. The molecule has 102 valence electrons. The van der Waals surface area contributed by atoms with Gasteiger partial charge in [0, 0.05) is 19.2 Å². The molecule has 0 spiro atoms. The highest BCUT2D eigenvalue weighted by molar-refractivity contribution is 5.89. The summed E-state index contributed by atoms with van der Waals surface area (Å²) in [5, 5.41) is 22.7. The van der Waals surface area contributed by atoms with Gasteiger partial charge in [-0.1, -0.05) is 0 Å². The lowest BCUT2D eigenvalue weighted by molar-refractivity contribution is -0.384. The maximum absolute atomic E-state index is 10.9. The lowest BCUT2D eigenvalue weighted by Gasteiger charge is -2.12. The first-order valence-corrected chi connectivity index (χ1v) is 5.95. The molecule has 2 rings (SSSR count). The normalized spacial score (nSPS) is 18.2. The predicted octanol–water partition coefficient (Wildman–Crippen LogP) is 1.88. The van der Waals surface area contributed by atoms with Crippen molar-refractivity contribution in [3.8, 4) is 0 Å². The molecular weight excluding hydrogens is 252 g/mol. The van der Waals surface area contributed by atoms with Crippen LogP contribution < -0.4 is 5.32 Å². The van der Waals surface area contributed by atoms with Crippen molar-refractivity contribution in [2.24, 2.45) is 0 Å². The smallest absolute Gasteiger partial charge is 0.335 e. The van der Waals surface area contributed by atoms with Crippen LogP contribution in [0.25, 0.3) is 0 Å². The summed E-state index contributed by atoms with van der Waals surface area (Å²) < 4.78 is 5.41. The second kappa shape index (κ2) is 5.66. The van der Waals surface area contributed by atoms with E-state index >= 15 is 0 Å². The molecule has 0 unspecified atom stereocenters. The van der Waals surface area contributed by atoms with Crippen molar-refractivity contribution < 1.29 is 19.6 Å². The Morgan fingerprint density at radius 2 is 2.37 bits per heavy atom. The van der Waals surface area contributed by atoms with Gasteiger partial charge in [-0.05, 0) is 25.0 Å². The molecule has 19 heavy (non-hydrogen) atoms. The lowest BCUT2D eigenvalue weighted by atomic mass is 10.1. The monoisotopic (exact) mass is 266 g/mol. The number of carboxylic acids is 1. The largest absolute Gasteiger partial charge is 0.478 e. The van der Waals surface area contributed by atoms with Crippen LogP contribution in [0.15, 0.2) is 18.2 Å². The summed E-state index contributed by atoms with van der Waals surface area (Å²) in [6, 6.07) is 3.81. The molecule has 1 saturated heterocycles. The molecule has 7 heteroatoms. The number of nitrogens with one attached hydrogen (secondary N) is 1. The van der Waals surface area contributed by atoms with Crippen LogP contribution in [-0.2, 0) is 4.74 Å². The molecule has 0 radical (unpaired) electrons. The average Bonchev–Trinajstić information content (AvgIpc) is 2.89. The summed E-state index contributed by atoms with van der Waals surface area (Å²) in [5.74, 6) is -1.19. The third kappa shape index (κ3) is 3.19. The Bertz CT molecular complexity index is 497. The molecule has 0 saturated carbocycles. The van der Waals surface area contributed by atoms with Crippen LogP contribution in [0.4, 0.5) is 11.4 Å². The van der Waals surface area contributed by atoms with Crippen molar-refractivity contribution in [2.45, 2.75) is 18.9 Å². The van der Waals surface area contributed by atoms with Crippen LogP contribution in [0.2, 0.25) is 0 Å². The number of benzene rings is 1. The van der Waals surface area contributed by atoms with Gasteiger partial charge in [-0.15, -0.1) is 0 Å². The first kappa shape index (κ1) is 13.3. The van der Waals surface area contributed by atoms with E-state index in [4.69, 9.17) is 9.84 Å².